The van der Waals surface area contributed by atoms with Crippen LogP contribution in [0.2, 0.25) is 0 Å². The number of imidazole rings is 4. The van der Waals surface area contributed by atoms with Crippen LogP contribution in [0, 0.1) is 65.6 Å². The van der Waals surface area contributed by atoms with E-state index >= 15 is 0 Å². The Morgan fingerprint density at radius 2 is 0.589 bits per heavy atom. The first-order valence-electron chi connectivity index (χ1n) is 34.5. The Bertz CT molecular complexity index is 4630. The highest BCUT2D eigenvalue weighted by Crippen LogP contribution is 2.38. The topological polar surface area (TPSA) is 182 Å². The lowest BCUT2D eigenvalue weighted by Crippen LogP contribution is -2.27. The number of nitrogens with two attached hydrogens (primary N) is 1. The second-order valence-electron chi connectivity index (χ2n) is 25.8. The number of hydrogen-bond donors (Lipinski definition) is 8. The number of aromatic nitrogens is 8. The van der Waals surface area contributed by atoms with E-state index in [0.717, 1.165) is 106 Å². The molecule has 16 nitrogen and oxygen atoms in total. The summed E-state index contributed by atoms with van der Waals surface area (Å²) >= 11 is 21.6. The van der Waals surface area contributed by atoms with E-state index < -0.39 is 46.5 Å². The zero-order valence-corrected chi connectivity index (χ0v) is 62.7. The molecule has 0 bridgehead atoms. The predicted octanol–water partition coefficient (Wildman–Crippen LogP) is 16.3. The zero-order chi connectivity index (χ0) is 73.5. The van der Waals surface area contributed by atoms with Crippen LogP contribution in [0.5, 0.6) is 23.0 Å². The second kappa shape index (κ2) is 38.4. The van der Waals surface area contributed by atoms with Gasteiger partial charge in [-0.15, -0.1) is 24.8 Å². The quantitative estimate of drug-likeness (QED) is 0.0194. The fraction of sp³-hybridized carbons (Fsp3) is 0.299. The van der Waals surface area contributed by atoms with Gasteiger partial charge in [0, 0.05) is 185 Å². The van der Waals surface area contributed by atoms with Gasteiger partial charge in [-0.05, 0) is 96.4 Å². The van der Waals surface area contributed by atoms with Gasteiger partial charge in [-0.3, -0.25) is 0 Å². The summed E-state index contributed by atoms with van der Waals surface area (Å²) in [5.74, 6) is -4.45. The largest absolute Gasteiger partial charge is 0.488 e. The maximum Gasteiger partial charge on any atom is 0.177 e. The average molecular weight is 1590 g/mol. The van der Waals surface area contributed by atoms with E-state index in [2.05, 4.69) is 72.3 Å². The summed E-state index contributed by atoms with van der Waals surface area (Å²) in [6, 6.07) is 38.9. The molecule has 0 saturated carbocycles. The molecule has 4 atom stereocenters. The molecule has 4 aliphatic heterocycles. The van der Waals surface area contributed by atoms with Gasteiger partial charge >= 0.3 is 0 Å². The van der Waals surface area contributed by atoms with Crippen molar-refractivity contribution in [2.75, 3.05) is 52.6 Å². The summed E-state index contributed by atoms with van der Waals surface area (Å²) in [6.07, 6.45) is 12.4. The Hall–Kier alpha value is -8.68. The van der Waals surface area contributed by atoms with Crippen molar-refractivity contribution in [3.8, 4) is 23.0 Å². The third-order valence-corrected chi connectivity index (χ3v) is 19.7. The molecule has 0 spiro atoms. The Balaban J connectivity index is 0.000000152. The van der Waals surface area contributed by atoms with Crippen LogP contribution in [0.1, 0.15) is 85.9 Å². The van der Waals surface area contributed by atoms with E-state index in [-0.39, 0.29) is 72.0 Å². The molecular formula is C77H80Cl2F8N12O4S4. The number of benzene rings is 7. The summed E-state index contributed by atoms with van der Waals surface area (Å²) in [4.78, 5) is 12.2. The first-order chi connectivity index (χ1) is 50.9. The van der Waals surface area contributed by atoms with Gasteiger partial charge in [-0.2, -0.15) is 0 Å². The molecule has 566 valence electrons. The molecule has 15 rings (SSSR count). The number of fused-ring (bicyclic) bond motifs is 4. The van der Waals surface area contributed by atoms with Crippen LogP contribution in [-0.4, -0.2) is 90.8 Å². The summed E-state index contributed by atoms with van der Waals surface area (Å²) in [6.45, 7) is 6.43. The van der Waals surface area contributed by atoms with Crippen molar-refractivity contribution in [2.24, 2.45) is 5.73 Å². The van der Waals surface area contributed by atoms with Crippen molar-refractivity contribution in [1.82, 2.24) is 54.2 Å². The lowest BCUT2D eigenvalue weighted by atomic mass is 10.0. The second-order valence-corrected chi connectivity index (χ2v) is 27.3. The number of halogens is 10. The Morgan fingerprint density at radius 3 is 0.822 bits per heavy atom. The van der Waals surface area contributed by atoms with Crippen LogP contribution >= 0.6 is 73.7 Å². The first-order valence-corrected chi connectivity index (χ1v) is 36.1. The fourth-order valence-electron chi connectivity index (χ4n) is 13.7. The van der Waals surface area contributed by atoms with Crippen LogP contribution < -0.4 is 40.6 Å². The van der Waals surface area contributed by atoms with E-state index in [4.69, 9.17) is 73.6 Å². The summed E-state index contributed by atoms with van der Waals surface area (Å²) < 4.78 is 142. The van der Waals surface area contributed by atoms with E-state index in [0.29, 0.717) is 106 Å². The minimum atomic E-state index is -0.664. The van der Waals surface area contributed by atoms with Crippen molar-refractivity contribution < 1.29 is 54.1 Å². The Kier molecular flexibility index (Phi) is 29.0. The highest BCUT2D eigenvalue weighted by Gasteiger charge is 2.31. The number of aromatic amines is 4. The molecule has 30 heteroatoms. The average Bonchev–Trinajstić information content (AvgIpc) is 1.64. The van der Waals surface area contributed by atoms with Crippen LogP contribution in [0.3, 0.4) is 0 Å². The molecule has 0 radical (unpaired) electrons. The van der Waals surface area contributed by atoms with E-state index in [1.807, 2.05) is 97.7 Å². The Morgan fingerprint density at radius 1 is 0.355 bits per heavy atom. The molecule has 4 aliphatic rings. The van der Waals surface area contributed by atoms with Crippen LogP contribution in [-0.2, 0) is 71.0 Å². The monoisotopic (exact) mass is 1590 g/mol. The van der Waals surface area contributed by atoms with Gasteiger partial charge in [0.15, 0.2) is 65.4 Å². The molecular weight excluding hydrogens is 1510 g/mol. The standard InChI is InChI=1S/3C21H21F2N3OS.C14H15F2N3OS.2ClH/c3*22-16-8-15-9-18(13-27-20(15)19(23)10-16)26-17(12-25-21(26)28)6-7-24-11-14-4-2-1-3-5-14;15-9-3-8-4-11(7-20-13(8)12(16)5-9)19-10(1-2-17)6-18-14(19)21;;/h3*1-5,8,10,12,18,24H,6-7,9,11,13H2,(H,25,28);3,5-6,11H,1-2,4,7,17H2,(H,18,21);2*1H/t3*18-;11-;;/m1111../s1. The molecule has 0 unspecified atom stereocenters. The highest BCUT2D eigenvalue weighted by atomic mass is 35.5. The predicted molar refractivity (Wildman–Crippen MR) is 410 cm³/mol. The third kappa shape index (κ3) is 20.6. The summed E-state index contributed by atoms with van der Waals surface area (Å²) in [5, 5.41) is 10.3. The SMILES string of the molecule is Cl.Cl.Fc1cc(F)c2c(c1)C[C@@H](n1c(CCNCc3ccccc3)c[nH]c1=S)CO2.Fc1cc(F)c2c(c1)C[C@@H](n1c(CCNCc3ccccc3)c[nH]c1=S)CO2.Fc1cc(F)c2c(c1)C[C@@H](n1c(CCNCc3ccccc3)c[nH]c1=S)CO2.NCCc1c[nH]c(=S)n1[C@H]1COc2c(F)cc(F)cc2C1. The summed E-state index contributed by atoms with van der Waals surface area (Å²) in [7, 11) is 0. The fourth-order valence-corrected chi connectivity index (χ4v) is 15.0. The molecule has 7 aromatic carbocycles. The highest BCUT2D eigenvalue weighted by molar-refractivity contribution is 7.71. The first kappa shape index (κ1) is 80.9. The van der Waals surface area contributed by atoms with Crippen molar-refractivity contribution in [1.29, 1.82) is 0 Å². The van der Waals surface area contributed by atoms with Crippen molar-refractivity contribution >= 4 is 73.7 Å². The van der Waals surface area contributed by atoms with E-state index in [1.165, 1.54) is 41.0 Å². The van der Waals surface area contributed by atoms with E-state index in [1.54, 1.807) is 0 Å². The van der Waals surface area contributed by atoms with Crippen LogP contribution in [0.4, 0.5) is 35.1 Å². The normalized spacial score (nSPS) is 15.9. The molecule has 0 saturated heterocycles. The van der Waals surface area contributed by atoms with Gasteiger partial charge < -0.3 is 78.8 Å². The lowest BCUT2D eigenvalue weighted by molar-refractivity contribution is 0.210. The van der Waals surface area contributed by atoms with Crippen molar-refractivity contribution in [3.05, 3.63) is 292 Å². The van der Waals surface area contributed by atoms with Gasteiger partial charge in [0.25, 0.3) is 0 Å². The minimum Gasteiger partial charge on any atom is -0.488 e. The zero-order valence-electron chi connectivity index (χ0n) is 57.8. The van der Waals surface area contributed by atoms with Crippen LogP contribution in [0.15, 0.2) is 164 Å². The molecule has 9 N–H and O–H groups in total. The third-order valence-electron chi connectivity index (χ3n) is 18.5. The minimum absolute atomic E-state index is 0. The van der Waals surface area contributed by atoms with E-state index in [9.17, 15) is 35.1 Å². The number of hydrogen-bond acceptors (Lipinski definition) is 12. The number of nitrogens with one attached hydrogen (secondary N) is 7. The smallest absolute Gasteiger partial charge is 0.177 e. The van der Waals surface area contributed by atoms with Crippen molar-refractivity contribution in [3.63, 3.8) is 0 Å². The van der Waals surface area contributed by atoms with Gasteiger partial charge in [-0.25, -0.2) is 35.1 Å². The number of ether oxygens (including phenoxy) is 4. The molecule has 0 amide bonds. The lowest BCUT2D eigenvalue weighted by Gasteiger charge is -2.28. The molecule has 4 aromatic heterocycles. The maximum absolute atomic E-state index is 13.9. The van der Waals surface area contributed by atoms with Crippen molar-refractivity contribution in [2.45, 2.75) is 95.2 Å². The molecule has 8 heterocycles. The number of H-pyrrole nitrogens is 4. The van der Waals surface area contributed by atoms with Gasteiger partial charge in [-0.1, -0.05) is 91.0 Å². The Labute approximate surface area is 645 Å². The maximum atomic E-state index is 13.9. The molecule has 0 aliphatic carbocycles. The number of nitrogens with zero attached hydrogens (tertiary/aromatic N) is 4. The molecule has 11 aromatic rings. The molecule has 107 heavy (non-hydrogen) atoms. The van der Waals surface area contributed by atoms with Gasteiger partial charge in [0.2, 0.25) is 0 Å². The number of rotatable bonds is 21. The van der Waals surface area contributed by atoms with Crippen LogP contribution in [0.25, 0.3) is 0 Å². The molecule has 0 fully saturated rings. The summed E-state index contributed by atoms with van der Waals surface area (Å²) in [5.41, 5.74) is 15.5. The van der Waals surface area contributed by atoms with Gasteiger partial charge in [0.1, 0.15) is 49.7 Å². The van der Waals surface area contributed by atoms with Gasteiger partial charge in [0.05, 0.1) is 24.2 Å².